The molecule has 0 spiro atoms. The number of rotatable bonds is 4. The first-order chi connectivity index (χ1) is 14.2. The van der Waals surface area contributed by atoms with Crippen LogP contribution in [0.2, 0.25) is 0 Å². The Morgan fingerprint density at radius 3 is 1.72 bits per heavy atom. The van der Waals surface area contributed by atoms with Gasteiger partial charge in [0, 0.05) is 0 Å². The van der Waals surface area contributed by atoms with Gasteiger partial charge >= 0.3 is 0 Å². The van der Waals surface area contributed by atoms with Crippen molar-refractivity contribution in [2.24, 2.45) is 10.2 Å². The summed E-state index contributed by atoms with van der Waals surface area (Å²) >= 11 is 5.56. The summed E-state index contributed by atoms with van der Waals surface area (Å²) in [4.78, 5) is 13.2. The van der Waals surface area contributed by atoms with Gasteiger partial charge in [-0.1, -0.05) is 54.6 Å². The monoisotopic (exact) mass is 400 g/mol. The maximum atomic E-state index is 13.2. The second kappa shape index (κ2) is 8.04. The highest BCUT2D eigenvalue weighted by Crippen LogP contribution is 2.28. The highest BCUT2D eigenvalue weighted by molar-refractivity contribution is 7.71. The molecule has 6 nitrogen and oxygen atoms in total. The van der Waals surface area contributed by atoms with Crippen LogP contribution in [0.15, 0.2) is 106 Å². The predicted molar refractivity (Wildman–Crippen MR) is 114 cm³/mol. The molecule has 0 atom stereocenters. The Kier molecular flexibility index (Phi) is 5.13. The Labute approximate surface area is 171 Å². The van der Waals surface area contributed by atoms with Crippen LogP contribution in [0.5, 0.6) is 5.88 Å². The van der Waals surface area contributed by atoms with Crippen molar-refractivity contribution in [1.82, 2.24) is 9.13 Å². The third-order valence-corrected chi connectivity index (χ3v) is 4.63. The molecule has 0 saturated heterocycles. The van der Waals surface area contributed by atoms with Crippen molar-refractivity contribution in [1.29, 1.82) is 0 Å². The lowest BCUT2D eigenvalue weighted by atomic mass is 10.3. The van der Waals surface area contributed by atoms with E-state index in [9.17, 15) is 9.90 Å². The molecule has 0 aliphatic carbocycles. The van der Waals surface area contributed by atoms with E-state index >= 15 is 0 Å². The SMILES string of the molecule is O=c1c(N=Nc2ccccc2)c(O)n(-c2ccccc2)c(=S)n1-c1ccccc1. The van der Waals surface area contributed by atoms with Crippen molar-refractivity contribution in [3.63, 3.8) is 0 Å². The molecule has 0 fully saturated rings. The zero-order valence-electron chi connectivity index (χ0n) is 15.2. The summed E-state index contributed by atoms with van der Waals surface area (Å²) in [6.45, 7) is 0. The van der Waals surface area contributed by atoms with Gasteiger partial charge in [0.1, 0.15) is 0 Å². The Balaban J connectivity index is 2.02. The smallest absolute Gasteiger partial charge is 0.290 e. The lowest BCUT2D eigenvalue weighted by molar-refractivity contribution is 0.432. The Hall–Kier alpha value is -3.84. The summed E-state index contributed by atoms with van der Waals surface area (Å²) in [6.07, 6.45) is 0. The average Bonchev–Trinajstić information content (AvgIpc) is 2.76. The van der Waals surface area contributed by atoms with Crippen LogP contribution in [0.4, 0.5) is 11.4 Å². The molecule has 0 amide bonds. The average molecular weight is 400 g/mol. The number of benzene rings is 3. The molecular weight excluding hydrogens is 384 g/mol. The molecule has 7 heteroatoms. The summed E-state index contributed by atoms with van der Waals surface area (Å²) in [7, 11) is 0. The quantitative estimate of drug-likeness (QED) is 0.364. The van der Waals surface area contributed by atoms with Crippen LogP contribution in [-0.2, 0) is 0 Å². The molecule has 0 saturated carbocycles. The second-order valence-corrected chi connectivity index (χ2v) is 6.50. The molecule has 1 aromatic heterocycles. The molecule has 0 aliphatic heterocycles. The van der Waals surface area contributed by atoms with Gasteiger partial charge in [0.2, 0.25) is 11.6 Å². The van der Waals surface area contributed by atoms with E-state index in [0.717, 1.165) is 0 Å². The van der Waals surface area contributed by atoms with Crippen LogP contribution in [0.3, 0.4) is 0 Å². The van der Waals surface area contributed by atoms with E-state index in [1.54, 1.807) is 48.5 Å². The summed E-state index contributed by atoms with van der Waals surface area (Å²) in [5.41, 5.74) is 0.992. The van der Waals surface area contributed by atoms with Gasteiger partial charge in [0.15, 0.2) is 4.77 Å². The fourth-order valence-electron chi connectivity index (χ4n) is 2.89. The maximum absolute atomic E-state index is 13.2. The maximum Gasteiger partial charge on any atom is 0.290 e. The van der Waals surface area contributed by atoms with Crippen LogP contribution < -0.4 is 5.56 Å². The second-order valence-electron chi connectivity index (χ2n) is 6.14. The minimum atomic E-state index is -0.550. The third-order valence-electron chi connectivity index (χ3n) is 4.26. The van der Waals surface area contributed by atoms with E-state index < -0.39 is 5.56 Å². The number of azo groups is 1. The Bertz CT molecular complexity index is 1280. The van der Waals surface area contributed by atoms with Gasteiger partial charge in [-0.25, -0.2) is 0 Å². The molecule has 29 heavy (non-hydrogen) atoms. The van der Waals surface area contributed by atoms with Crippen LogP contribution in [-0.4, -0.2) is 14.2 Å². The molecule has 0 radical (unpaired) electrons. The lowest BCUT2D eigenvalue weighted by Gasteiger charge is -2.15. The van der Waals surface area contributed by atoms with Gasteiger partial charge in [0.25, 0.3) is 5.56 Å². The summed E-state index contributed by atoms with van der Waals surface area (Å²) in [5.74, 6) is -0.363. The molecule has 0 unspecified atom stereocenters. The van der Waals surface area contributed by atoms with Crippen LogP contribution in [0.25, 0.3) is 11.4 Å². The van der Waals surface area contributed by atoms with E-state index in [1.165, 1.54) is 9.13 Å². The standard InChI is InChI=1S/C22H16N4O2S/c27-20-19(24-23-16-10-4-1-5-11-16)21(28)26(18-14-8-3-9-15-18)22(29)25(20)17-12-6-2-7-13-17/h1-15,27H. The predicted octanol–water partition coefficient (Wildman–Crippen LogP) is 5.48. The fraction of sp³-hybridized carbons (Fsp3) is 0. The molecule has 0 aliphatic rings. The molecule has 1 N–H and O–H groups in total. The van der Waals surface area contributed by atoms with Crippen LogP contribution in [0.1, 0.15) is 0 Å². The van der Waals surface area contributed by atoms with Gasteiger partial charge in [0.05, 0.1) is 17.1 Å². The number of nitrogens with zero attached hydrogens (tertiary/aromatic N) is 4. The van der Waals surface area contributed by atoms with Gasteiger partial charge in [-0.2, -0.15) is 5.11 Å². The van der Waals surface area contributed by atoms with E-state index in [2.05, 4.69) is 10.2 Å². The number of hydrogen-bond acceptors (Lipinski definition) is 5. The third kappa shape index (κ3) is 3.63. The first-order valence-electron chi connectivity index (χ1n) is 8.85. The van der Waals surface area contributed by atoms with E-state index in [1.807, 2.05) is 42.5 Å². The highest BCUT2D eigenvalue weighted by atomic mass is 32.1. The van der Waals surface area contributed by atoms with Gasteiger partial charge in [-0.05, 0) is 48.6 Å². The van der Waals surface area contributed by atoms with Crippen molar-refractivity contribution in [3.8, 4) is 17.3 Å². The first kappa shape index (κ1) is 18.5. The summed E-state index contributed by atoms with van der Waals surface area (Å²) in [6, 6.07) is 27.0. The topological polar surface area (TPSA) is 71.9 Å². The Morgan fingerprint density at radius 2 is 1.17 bits per heavy atom. The van der Waals surface area contributed by atoms with Crippen LogP contribution in [0, 0.1) is 4.77 Å². The van der Waals surface area contributed by atoms with Crippen molar-refractivity contribution >= 4 is 23.6 Å². The molecule has 4 rings (SSSR count). The zero-order valence-corrected chi connectivity index (χ0v) is 16.0. The lowest BCUT2D eigenvalue weighted by Crippen LogP contribution is -2.23. The van der Waals surface area contributed by atoms with E-state index in [-0.39, 0.29) is 16.3 Å². The molecule has 1 heterocycles. The number of hydrogen-bond donors (Lipinski definition) is 1. The fourth-order valence-corrected chi connectivity index (χ4v) is 3.27. The molecule has 4 aromatic rings. The van der Waals surface area contributed by atoms with E-state index in [4.69, 9.17) is 12.2 Å². The number of aromatic hydroxyl groups is 1. The van der Waals surface area contributed by atoms with E-state index in [0.29, 0.717) is 17.1 Å². The van der Waals surface area contributed by atoms with Gasteiger partial charge in [-0.15, -0.1) is 5.11 Å². The summed E-state index contributed by atoms with van der Waals surface area (Å²) in [5, 5.41) is 19.0. The first-order valence-corrected chi connectivity index (χ1v) is 9.26. The normalized spacial score (nSPS) is 11.0. The molecule has 3 aromatic carbocycles. The van der Waals surface area contributed by atoms with Crippen molar-refractivity contribution in [3.05, 3.63) is 106 Å². The van der Waals surface area contributed by atoms with Crippen molar-refractivity contribution in [2.75, 3.05) is 0 Å². The van der Waals surface area contributed by atoms with Crippen LogP contribution >= 0.6 is 12.2 Å². The number of aromatic nitrogens is 2. The largest absolute Gasteiger partial charge is 0.492 e. The zero-order chi connectivity index (χ0) is 20.2. The van der Waals surface area contributed by atoms with Crippen molar-refractivity contribution in [2.45, 2.75) is 0 Å². The minimum absolute atomic E-state index is 0.128. The Morgan fingerprint density at radius 1 is 0.690 bits per heavy atom. The minimum Gasteiger partial charge on any atom is -0.492 e. The highest BCUT2D eigenvalue weighted by Gasteiger charge is 2.19. The van der Waals surface area contributed by atoms with Crippen molar-refractivity contribution < 1.29 is 5.11 Å². The molecule has 0 bridgehead atoms. The molecular formula is C22H16N4O2S. The van der Waals surface area contributed by atoms with Gasteiger partial charge < -0.3 is 5.11 Å². The molecule has 142 valence electrons. The number of para-hydroxylation sites is 2. The summed E-state index contributed by atoms with van der Waals surface area (Å²) < 4.78 is 2.87. The van der Waals surface area contributed by atoms with Gasteiger partial charge in [-0.3, -0.25) is 13.9 Å².